The van der Waals surface area contributed by atoms with Gasteiger partial charge in [-0.2, -0.15) is 0 Å². The molecule has 0 bridgehead atoms. The molecule has 1 N–H and O–H groups in total. The van der Waals surface area contributed by atoms with E-state index in [0.717, 1.165) is 37.4 Å². The van der Waals surface area contributed by atoms with E-state index in [-0.39, 0.29) is 11.3 Å². The molecule has 148 valence electrons. The van der Waals surface area contributed by atoms with Crippen molar-refractivity contribution < 1.29 is 9.53 Å². The number of anilines is 1. The Kier molecular flexibility index (Phi) is 6.53. The first-order valence-electron chi connectivity index (χ1n) is 9.90. The lowest BCUT2D eigenvalue weighted by Crippen LogP contribution is -2.36. The minimum absolute atomic E-state index is 0.0860. The van der Waals surface area contributed by atoms with Crippen molar-refractivity contribution in [3.63, 3.8) is 0 Å². The highest BCUT2D eigenvalue weighted by Crippen LogP contribution is 2.22. The van der Waals surface area contributed by atoms with Gasteiger partial charge in [0, 0.05) is 31.4 Å². The van der Waals surface area contributed by atoms with Crippen LogP contribution < -0.4 is 10.2 Å². The molecule has 0 unspecified atom stereocenters. The molecule has 0 atom stereocenters. The number of benzene rings is 2. The van der Waals surface area contributed by atoms with Crippen molar-refractivity contribution in [3.05, 3.63) is 71.3 Å². The predicted octanol–water partition coefficient (Wildman–Crippen LogP) is 4.15. The molecule has 0 aromatic heterocycles. The van der Waals surface area contributed by atoms with Crippen molar-refractivity contribution in [1.82, 2.24) is 5.32 Å². The first kappa shape index (κ1) is 20.2. The van der Waals surface area contributed by atoms with Crippen LogP contribution in [0.1, 0.15) is 37.5 Å². The summed E-state index contributed by atoms with van der Waals surface area (Å²) < 4.78 is 5.39. The van der Waals surface area contributed by atoms with Crippen molar-refractivity contribution in [2.24, 2.45) is 0 Å². The molecular weight excluding hydrogens is 348 g/mol. The van der Waals surface area contributed by atoms with E-state index in [2.05, 4.69) is 79.5 Å². The average Bonchev–Trinajstić information content (AvgIpc) is 2.71. The molecule has 3 rings (SSSR count). The third kappa shape index (κ3) is 5.70. The molecular formula is C24H30N2O2. The number of amides is 1. The Morgan fingerprint density at radius 1 is 1.04 bits per heavy atom. The van der Waals surface area contributed by atoms with Gasteiger partial charge in [0.2, 0.25) is 5.91 Å². The molecule has 4 nitrogen and oxygen atoms in total. The molecule has 0 saturated carbocycles. The molecule has 1 heterocycles. The van der Waals surface area contributed by atoms with E-state index in [0.29, 0.717) is 6.54 Å². The van der Waals surface area contributed by atoms with Gasteiger partial charge in [0.25, 0.3) is 0 Å². The molecule has 0 radical (unpaired) electrons. The molecule has 2 aromatic carbocycles. The summed E-state index contributed by atoms with van der Waals surface area (Å²) in [5, 5.41) is 2.94. The molecule has 1 saturated heterocycles. The average molecular weight is 379 g/mol. The number of hydrogen-bond donors (Lipinski definition) is 1. The molecule has 4 heteroatoms. The van der Waals surface area contributed by atoms with Crippen molar-refractivity contribution in [2.75, 3.05) is 31.2 Å². The summed E-state index contributed by atoms with van der Waals surface area (Å²) >= 11 is 0. The third-order valence-electron chi connectivity index (χ3n) is 4.98. The summed E-state index contributed by atoms with van der Waals surface area (Å²) in [6.45, 7) is 10.5. The number of carbonyl (C=O) groups excluding carboxylic acids is 1. The van der Waals surface area contributed by atoms with Crippen LogP contribution in [0.4, 0.5) is 5.69 Å². The smallest absolute Gasteiger partial charge is 0.244 e. The first-order valence-corrected chi connectivity index (χ1v) is 9.90. The monoisotopic (exact) mass is 378 g/mol. The van der Waals surface area contributed by atoms with Crippen LogP contribution in [0.2, 0.25) is 0 Å². The van der Waals surface area contributed by atoms with Crippen molar-refractivity contribution in [1.29, 1.82) is 0 Å². The van der Waals surface area contributed by atoms with Crippen LogP contribution in [0.3, 0.4) is 0 Å². The minimum atomic E-state index is -0.0860. The van der Waals surface area contributed by atoms with Crippen LogP contribution in [-0.4, -0.2) is 32.2 Å². The lowest BCUT2D eigenvalue weighted by Gasteiger charge is -2.28. The summed E-state index contributed by atoms with van der Waals surface area (Å²) in [5.74, 6) is -0.0860. The molecule has 1 aliphatic heterocycles. The summed E-state index contributed by atoms with van der Waals surface area (Å²) in [7, 11) is 0. The van der Waals surface area contributed by atoms with Gasteiger partial charge >= 0.3 is 0 Å². The Morgan fingerprint density at radius 2 is 1.68 bits per heavy atom. The zero-order chi connectivity index (χ0) is 20.0. The maximum atomic E-state index is 12.1. The maximum absolute atomic E-state index is 12.1. The van der Waals surface area contributed by atoms with Crippen molar-refractivity contribution in [2.45, 2.75) is 32.7 Å². The van der Waals surface area contributed by atoms with Gasteiger partial charge in [0.05, 0.1) is 13.2 Å². The SMILES string of the molecule is CC(C)(C)c1ccc(/C=C/C(=O)NCc2ccc(N3CCOCC3)cc2)cc1. The van der Waals surface area contributed by atoms with Gasteiger partial charge < -0.3 is 15.0 Å². The highest BCUT2D eigenvalue weighted by Gasteiger charge is 2.12. The summed E-state index contributed by atoms with van der Waals surface area (Å²) in [6, 6.07) is 16.7. The molecule has 0 aliphatic carbocycles. The van der Waals surface area contributed by atoms with E-state index >= 15 is 0 Å². The van der Waals surface area contributed by atoms with Crippen molar-refractivity contribution in [3.8, 4) is 0 Å². The number of nitrogens with one attached hydrogen (secondary N) is 1. The topological polar surface area (TPSA) is 41.6 Å². The van der Waals surface area contributed by atoms with Gasteiger partial charge in [-0.25, -0.2) is 0 Å². The van der Waals surface area contributed by atoms with Crippen LogP contribution in [-0.2, 0) is 21.5 Å². The van der Waals surface area contributed by atoms with E-state index in [1.54, 1.807) is 6.08 Å². The Morgan fingerprint density at radius 3 is 2.29 bits per heavy atom. The first-order chi connectivity index (χ1) is 13.4. The maximum Gasteiger partial charge on any atom is 0.244 e. The summed E-state index contributed by atoms with van der Waals surface area (Å²) in [6.07, 6.45) is 3.44. The molecule has 28 heavy (non-hydrogen) atoms. The fourth-order valence-corrected chi connectivity index (χ4v) is 3.16. The summed E-state index contributed by atoms with van der Waals surface area (Å²) in [4.78, 5) is 14.4. The van der Waals surface area contributed by atoms with Crippen LogP contribution in [0, 0.1) is 0 Å². The van der Waals surface area contributed by atoms with Gasteiger partial charge in [-0.1, -0.05) is 57.2 Å². The highest BCUT2D eigenvalue weighted by molar-refractivity contribution is 5.91. The normalized spacial score (nSPS) is 15.0. The van der Waals surface area contributed by atoms with Gasteiger partial charge in [-0.05, 0) is 40.3 Å². The lowest BCUT2D eigenvalue weighted by molar-refractivity contribution is -0.116. The Labute approximate surface area is 168 Å². The second-order valence-electron chi connectivity index (χ2n) is 8.19. The van der Waals surface area contributed by atoms with E-state index in [1.807, 2.05) is 6.08 Å². The van der Waals surface area contributed by atoms with Crippen LogP contribution in [0.25, 0.3) is 6.08 Å². The highest BCUT2D eigenvalue weighted by atomic mass is 16.5. The second-order valence-corrected chi connectivity index (χ2v) is 8.19. The quantitative estimate of drug-likeness (QED) is 0.795. The molecule has 1 fully saturated rings. The fourth-order valence-electron chi connectivity index (χ4n) is 3.16. The largest absolute Gasteiger partial charge is 0.378 e. The second kappa shape index (κ2) is 9.07. The Hall–Kier alpha value is -2.59. The van der Waals surface area contributed by atoms with Gasteiger partial charge in [-0.3, -0.25) is 4.79 Å². The van der Waals surface area contributed by atoms with Gasteiger partial charge in [0.15, 0.2) is 0 Å². The third-order valence-corrected chi connectivity index (χ3v) is 4.98. The molecule has 1 amide bonds. The number of carbonyl (C=O) groups is 1. The molecule has 2 aromatic rings. The fraction of sp³-hybridized carbons (Fsp3) is 0.375. The van der Waals surface area contributed by atoms with Crippen LogP contribution >= 0.6 is 0 Å². The summed E-state index contributed by atoms with van der Waals surface area (Å²) in [5.41, 5.74) is 4.75. The van der Waals surface area contributed by atoms with E-state index in [4.69, 9.17) is 4.74 Å². The van der Waals surface area contributed by atoms with E-state index in [9.17, 15) is 4.79 Å². The predicted molar refractivity (Wildman–Crippen MR) is 115 cm³/mol. The zero-order valence-electron chi connectivity index (χ0n) is 17.1. The number of morpholine rings is 1. The molecule has 1 aliphatic rings. The number of rotatable bonds is 5. The van der Waals surface area contributed by atoms with E-state index in [1.165, 1.54) is 11.3 Å². The Balaban J connectivity index is 1.49. The number of hydrogen-bond acceptors (Lipinski definition) is 3. The van der Waals surface area contributed by atoms with Crippen molar-refractivity contribution >= 4 is 17.7 Å². The van der Waals surface area contributed by atoms with Gasteiger partial charge in [0.1, 0.15) is 0 Å². The molecule has 0 spiro atoms. The Bertz CT molecular complexity index is 796. The minimum Gasteiger partial charge on any atom is -0.378 e. The zero-order valence-corrected chi connectivity index (χ0v) is 17.1. The number of ether oxygens (including phenoxy) is 1. The van der Waals surface area contributed by atoms with Gasteiger partial charge in [-0.15, -0.1) is 0 Å². The van der Waals surface area contributed by atoms with Crippen LogP contribution in [0.5, 0.6) is 0 Å². The standard InChI is InChI=1S/C24H30N2O2/c1-24(2,3)21-9-4-19(5-10-21)8-13-23(27)25-18-20-6-11-22(12-7-20)26-14-16-28-17-15-26/h4-13H,14-18H2,1-3H3,(H,25,27)/b13-8+. The van der Waals surface area contributed by atoms with E-state index < -0.39 is 0 Å². The number of nitrogens with zero attached hydrogens (tertiary/aromatic N) is 1. The lowest BCUT2D eigenvalue weighted by atomic mass is 9.87. The van der Waals surface area contributed by atoms with Crippen LogP contribution in [0.15, 0.2) is 54.6 Å².